The van der Waals surface area contributed by atoms with Crippen molar-refractivity contribution in [1.82, 2.24) is 9.71 Å². The summed E-state index contributed by atoms with van der Waals surface area (Å²) in [5.41, 5.74) is 2.68. The van der Waals surface area contributed by atoms with Crippen LogP contribution in [0.2, 0.25) is 5.02 Å². The van der Waals surface area contributed by atoms with Crippen LogP contribution in [0.4, 0.5) is 0 Å². The first kappa shape index (κ1) is 19.4. The molecule has 1 aromatic carbocycles. The first-order valence-corrected chi connectivity index (χ1v) is 9.59. The number of hydrogen-bond acceptors (Lipinski definition) is 5. The molecule has 0 unspecified atom stereocenters. The minimum atomic E-state index is -3.46. The van der Waals surface area contributed by atoms with E-state index < -0.39 is 16.0 Å². The monoisotopic (exact) mass is 382 g/mol. The van der Waals surface area contributed by atoms with Crippen LogP contribution in [0.15, 0.2) is 36.5 Å². The van der Waals surface area contributed by atoms with E-state index in [0.29, 0.717) is 22.7 Å². The lowest BCUT2D eigenvalue weighted by atomic mass is 10.1. The molecule has 0 saturated carbocycles. The zero-order chi connectivity index (χ0) is 18.4. The Morgan fingerprint density at radius 3 is 2.64 bits per heavy atom. The zero-order valence-corrected chi connectivity index (χ0v) is 15.5. The second-order valence-corrected chi connectivity index (χ2v) is 7.92. The Balaban J connectivity index is 1.91. The molecule has 6 nitrogen and oxygen atoms in total. The van der Waals surface area contributed by atoms with Crippen LogP contribution in [0.5, 0.6) is 0 Å². The lowest BCUT2D eigenvalue weighted by Crippen LogP contribution is -2.27. The van der Waals surface area contributed by atoms with Crippen molar-refractivity contribution < 1.29 is 17.9 Å². The number of pyridine rings is 1. The van der Waals surface area contributed by atoms with Crippen molar-refractivity contribution in [2.45, 2.75) is 19.9 Å². The Morgan fingerprint density at radius 1 is 1.28 bits per heavy atom. The SMILES string of the molecule is COC(=O)c1ccc(CNS(=O)(=O)CCc2cc(C)cc(Cl)c2)nc1. The van der Waals surface area contributed by atoms with Crippen molar-refractivity contribution in [2.75, 3.05) is 12.9 Å². The highest BCUT2D eigenvalue weighted by molar-refractivity contribution is 7.89. The van der Waals surface area contributed by atoms with Gasteiger partial charge in [-0.25, -0.2) is 17.9 Å². The normalized spacial score (nSPS) is 11.3. The van der Waals surface area contributed by atoms with Crippen molar-refractivity contribution in [2.24, 2.45) is 0 Å². The smallest absolute Gasteiger partial charge is 0.339 e. The van der Waals surface area contributed by atoms with E-state index in [4.69, 9.17) is 11.6 Å². The summed E-state index contributed by atoms with van der Waals surface area (Å²) in [4.78, 5) is 15.4. The summed E-state index contributed by atoms with van der Waals surface area (Å²) < 4.78 is 31.3. The molecule has 1 aromatic heterocycles. The first-order valence-electron chi connectivity index (χ1n) is 7.56. The number of rotatable bonds is 7. The van der Waals surface area contributed by atoms with Crippen LogP contribution in [0.1, 0.15) is 27.2 Å². The quantitative estimate of drug-likeness (QED) is 0.743. The van der Waals surface area contributed by atoms with Crippen LogP contribution in [0.3, 0.4) is 0 Å². The van der Waals surface area contributed by atoms with E-state index in [9.17, 15) is 13.2 Å². The summed E-state index contributed by atoms with van der Waals surface area (Å²) in [6.45, 7) is 1.96. The fraction of sp³-hybridized carbons (Fsp3) is 0.294. The highest BCUT2D eigenvalue weighted by Crippen LogP contribution is 2.15. The molecule has 1 N–H and O–H groups in total. The van der Waals surface area contributed by atoms with E-state index >= 15 is 0 Å². The molecule has 2 rings (SSSR count). The Labute approximate surface area is 152 Å². The Hall–Kier alpha value is -1.96. The van der Waals surface area contributed by atoms with E-state index in [1.165, 1.54) is 19.4 Å². The van der Waals surface area contributed by atoms with Gasteiger partial charge in [0.25, 0.3) is 0 Å². The van der Waals surface area contributed by atoms with Gasteiger partial charge in [-0.15, -0.1) is 0 Å². The van der Waals surface area contributed by atoms with Gasteiger partial charge in [0.1, 0.15) is 0 Å². The minimum Gasteiger partial charge on any atom is -0.465 e. The van der Waals surface area contributed by atoms with Gasteiger partial charge < -0.3 is 4.74 Å². The Bertz CT molecular complexity index is 831. The molecule has 0 spiro atoms. The van der Waals surface area contributed by atoms with Crippen molar-refractivity contribution in [3.05, 3.63) is 63.9 Å². The van der Waals surface area contributed by atoms with Gasteiger partial charge in [0, 0.05) is 11.2 Å². The fourth-order valence-corrected chi connectivity index (χ4v) is 3.56. The van der Waals surface area contributed by atoms with E-state index in [1.54, 1.807) is 12.1 Å². The fourth-order valence-electron chi connectivity index (χ4n) is 2.23. The standard InChI is InChI=1S/C17H19ClN2O4S/c1-12-7-13(9-15(18)8-12)5-6-25(22,23)20-11-16-4-3-14(10-19-16)17(21)24-2/h3-4,7-10,20H,5-6,11H2,1-2H3. The van der Waals surface area contributed by atoms with Gasteiger partial charge in [0.15, 0.2) is 0 Å². The predicted molar refractivity (Wildman–Crippen MR) is 96.1 cm³/mol. The largest absolute Gasteiger partial charge is 0.465 e. The van der Waals surface area contributed by atoms with Crippen LogP contribution < -0.4 is 4.72 Å². The molecule has 134 valence electrons. The third-order valence-corrected chi connectivity index (χ3v) is 5.02. The Morgan fingerprint density at radius 2 is 2.04 bits per heavy atom. The maximum atomic E-state index is 12.1. The van der Waals surface area contributed by atoms with Crippen molar-refractivity contribution >= 4 is 27.6 Å². The molecule has 0 amide bonds. The highest BCUT2D eigenvalue weighted by atomic mass is 35.5. The molecule has 0 atom stereocenters. The van der Waals surface area contributed by atoms with Gasteiger partial charge >= 0.3 is 5.97 Å². The topological polar surface area (TPSA) is 85.4 Å². The lowest BCUT2D eigenvalue weighted by Gasteiger charge is -2.08. The van der Waals surface area contributed by atoms with Gasteiger partial charge in [0.2, 0.25) is 10.0 Å². The second-order valence-electron chi connectivity index (χ2n) is 5.56. The summed E-state index contributed by atoms with van der Waals surface area (Å²) in [5, 5.41) is 0.593. The van der Waals surface area contributed by atoms with E-state index in [0.717, 1.165) is 11.1 Å². The molecule has 1 heterocycles. The maximum Gasteiger partial charge on any atom is 0.339 e. The summed E-state index contributed by atoms with van der Waals surface area (Å²) in [6, 6.07) is 8.61. The molecule has 0 aliphatic rings. The molecule has 0 saturated heterocycles. The third kappa shape index (κ3) is 6.12. The number of hydrogen-bond donors (Lipinski definition) is 1. The number of ether oxygens (including phenoxy) is 1. The number of aryl methyl sites for hydroxylation is 2. The predicted octanol–water partition coefficient (Wildman–Crippen LogP) is 2.49. The molecule has 0 aliphatic heterocycles. The average Bonchev–Trinajstić information content (AvgIpc) is 2.57. The zero-order valence-electron chi connectivity index (χ0n) is 14.0. The van der Waals surface area contributed by atoms with Crippen molar-refractivity contribution in [3.63, 3.8) is 0 Å². The molecule has 0 fully saturated rings. The number of halogens is 1. The van der Waals surface area contributed by atoms with E-state index in [1.807, 2.05) is 19.1 Å². The Kier molecular flexibility index (Phi) is 6.52. The van der Waals surface area contributed by atoms with Crippen molar-refractivity contribution in [3.8, 4) is 0 Å². The summed E-state index contributed by atoms with van der Waals surface area (Å²) in [5.74, 6) is -0.538. The molecule has 8 heteroatoms. The van der Waals surface area contributed by atoms with Gasteiger partial charge in [-0.2, -0.15) is 0 Å². The van der Waals surface area contributed by atoms with Crippen LogP contribution >= 0.6 is 11.6 Å². The summed E-state index contributed by atoms with van der Waals surface area (Å²) >= 11 is 5.98. The summed E-state index contributed by atoms with van der Waals surface area (Å²) in [6.07, 6.45) is 1.72. The average molecular weight is 383 g/mol. The third-order valence-electron chi connectivity index (χ3n) is 3.48. The number of aromatic nitrogens is 1. The van der Waals surface area contributed by atoms with Crippen LogP contribution in [-0.2, 0) is 27.7 Å². The number of esters is 1. The number of nitrogens with zero attached hydrogens (tertiary/aromatic N) is 1. The van der Waals surface area contributed by atoms with Gasteiger partial charge in [-0.05, 0) is 48.7 Å². The van der Waals surface area contributed by atoms with Gasteiger partial charge in [-0.3, -0.25) is 4.98 Å². The number of benzene rings is 1. The molecule has 0 bridgehead atoms. The summed E-state index contributed by atoms with van der Waals surface area (Å²) in [7, 11) is -2.18. The number of sulfonamides is 1. The molecular formula is C17H19ClN2O4S. The number of methoxy groups -OCH3 is 1. The lowest BCUT2D eigenvalue weighted by molar-refractivity contribution is 0.0600. The maximum absolute atomic E-state index is 12.1. The van der Waals surface area contributed by atoms with Crippen LogP contribution in [-0.4, -0.2) is 32.2 Å². The highest BCUT2D eigenvalue weighted by Gasteiger charge is 2.12. The first-order chi connectivity index (χ1) is 11.8. The number of carbonyl (C=O) groups is 1. The molecule has 0 radical (unpaired) electrons. The van der Waals surface area contributed by atoms with Crippen LogP contribution in [0, 0.1) is 6.92 Å². The number of nitrogens with one attached hydrogen (secondary N) is 1. The minimum absolute atomic E-state index is 0.0486. The second kappa shape index (κ2) is 8.42. The molecule has 0 aliphatic carbocycles. The number of carbonyl (C=O) groups excluding carboxylic acids is 1. The molecule has 25 heavy (non-hydrogen) atoms. The molecular weight excluding hydrogens is 364 g/mol. The van der Waals surface area contributed by atoms with E-state index in [-0.39, 0.29) is 12.3 Å². The van der Waals surface area contributed by atoms with Crippen molar-refractivity contribution in [1.29, 1.82) is 0 Å². The van der Waals surface area contributed by atoms with Crippen LogP contribution in [0.25, 0.3) is 0 Å². The van der Waals surface area contributed by atoms with Gasteiger partial charge in [0.05, 0.1) is 30.7 Å². The van der Waals surface area contributed by atoms with E-state index in [2.05, 4.69) is 14.4 Å². The van der Waals surface area contributed by atoms with Gasteiger partial charge in [-0.1, -0.05) is 17.7 Å². The molecule has 2 aromatic rings.